The van der Waals surface area contributed by atoms with Crippen LogP contribution in [-0.4, -0.2) is 31.3 Å². The lowest BCUT2D eigenvalue weighted by molar-refractivity contribution is 0.0962. The molecule has 0 aliphatic heterocycles. The quantitative estimate of drug-likeness (QED) is 0.564. The van der Waals surface area contributed by atoms with Crippen LogP contribution >= 0.6 is 11.3 Å². The second-order valence-electron chi connectivity index (χ2n) is 3.68. The molecule has 0 unspecified atom stereocenters. The number of halogens is 2. The molecule has 0 aliphatic rings. The molecule has 0 atom stereocenters. The van der Waals surface area contributed by atoms with Crippen LogP contribution < -0.4 is 22.1 Å². The number of primary amides is 1. The number of nitrogen functional groups attached to an aromatic ring is 1. The molecule has 2 amide bonds. The number of thiophene rings is 1. The lowest BCUT2D eigenvalue weighted by Gasteiger charge is -2.04. The first-order chi connectivity index (χ1) is 9.38. The van der Waals surface area contributed by atoms with E-state index < -0.39 is 24.8 Å². The van der Waals surface area contributed by atoms with Crippen LogP contribution in [0.2, 0.25) is 0 Å². The molecule has 0 spiro atoms. The Labute approximate surface area is 117 Å². The third-order valence-corrected chi connectivity index (χ3v) is 3.38. The van der Waals surface area contributed by atoms with E-state index in [4.69, 9.17) is 11.5 Å². The minimum atomic E-state index is -2.61. The Bertz CT molecular complexity index is 531. The first-order valence-electron chi connectivity index (χ1n) is 5.51. The van der Waals surface area contributed by atoms with E-state index in [1.807, 2.05) is 0 Å². The van der Waals surface area contributed by atoms with E-state index in [0.717, 1.165) is 11.3 Å². The first kappa shape index (κ1) is 15.9. The van der Waals surface area contributed by atoms with Crippen molar-refractivity contribution in [3.63, 3.8) is 0 Å². The van der Waals surface area contributed by atoms with Crippen LogP contribution in [0.3, 0.4) is 0 Å². The van der Waals surface area contributed by atoms with Crippen molar-refractivity contribution >= 4 is 33.8 Å². The number of alkyl halides is 2. The number of amides is 2. The molecule has 0 saturated carbocycles. The number of nitrogens with one attached hydrogen (secondary N) is 2. The minimum absolute atomic E-state index is 0.0393. The zero-order valence-electron chi connectivity index (χ0n) is 10.4. The summed E-state index contributed by atoms with van der Waals surface area (Å²) in [5, 5.41) is 4.89. The second-order valence-corrected chi connectivity index (χ2v) is 4.70. The summed E-state index contributed by atoms with van der Waals surface area (Å²) in [5.74, 6) is -1.42. The van der Waals surface area contributed by atoms with E-state index >= 15 is 0 Å². The van der Waals surface area contributed by atoms with Gasteiger partial charge in [-0.05, 0) is 0 Å². The van der Waals surface area contributed by atoms with Crippen molar-refractivity contribution in [2.24, 2.45) is 5.73 Å². The Morgan fingerprint density at radius 3 is 2.60 bits per heavy atom. The molecule has 0 aromatic carbocycles. The maximum absolute atomic E-state index is 12.2. The molecule has 0 saturated heterocycles. The maximum atomic E-state index is 12.2. The normalized spacial score (nSPS) is 10.3. The van der Waals surface area contributed by atoms with Crippen LogP contribution in [0.4, 0.5) is 19.5 Å². The number of hydrogen-bond donors (Lipinski definition) is 4. The largest absolute Gasteiger partial charge is 0.397 e. The third kappa shape index (κ3) is 3.67. The highest BCUT2D eigenvalue weighted by molar-refractivity contribution is 7.19. The third-order valence-electron chi connectivity index (χ3n) is 2.22. The average molecular weight is 304 g/mol. The smallest absolute Gasteiger partial charge is 0.263 e. The highest BCUT2D eigenvalue weighted by Gasteiger charge is 2.24. The predicted octanol–water partition coefficient (Wildman–Crippen LogP) is 1.02. The van der Waals surface area contributed by atoms with Crippen molar-refractivity contribution in [3.8, 4) is 0 Å². The van der Waals surface area contributed by atoms with E-state index in [0.29, 0.717) is 0 Å². The molecule has 0 aliphatic carbocycles. The fraction of sp³-hybridized carbons (Fsp3) is 0.273. The van der Waals surface area contributed by atoms with Crippen LogP contribution in [0.25, 0.3) is 0 Å². The van der Waals surface area contributed by atoms with Crippen molar-refractivity contribution in [2.75, 3.05) is 24.1 Å². The van der Waals surface area contributed by atoms with Gasteiger partial charge in [0.15, 0.2) is 0 Å². The molecular weight excluding hydrogens is 290 g/mol. The molecule has 0 fully saturated rings. The van der Waals surface area contributed by atoms with Crippen molar-refractivity contribution < 1.29 is 18.4 Å². The number of anilines is 2. The van der Waals surface area contributed by atoms with Crippen LogP contribution in [0.5, 0.6) is 0 Å². The Morgan fingerprint density at radius 1 is 1.45 bits per heavy atom. The SMILES string of the molecule is C=CCNC(=O)c1sc(NCC(F)F)c(C(N)=O)c1N. The van der Waals surface area contributed by atoms with Crippen molar-refractivity contribution in [3.05, 3.63) is 23.1 Å². The Kier molecular flexibility index (Phi) is 5.44. The fourth-order valence-corrected chi connectivity index (χ4v) is 2.45. The molecule has 9 heteroatoms. The zero-order chi connectivity index (χ0) is 15.3. The molecule has 1 rings (SSSR count). The Morgan fingerprint density at radius 2 is 2.10 bits per heavy atom. The molecule has 0 radical (unpaired) electrons. The van der Waals surface area contributed by atoms with Gasteiger partial charge in [0.05, 0.1) is 17.8 Å². The van der Waals surface area contributed by atoms with Crippen molar-refractivity contribution in [1.82, 2.24) is 5.32 Å². The lowest BCUT2D eigenvalue weighted by atomic mass is 10.2. The summed E-state index contributed by atoms with van der Waals surface area (Å²) in [6.07, 6.45) is -1.15. The second kappa shape index (κ2) is 6.85. The lowest BCUT2D eigenvalue weighted by Crippen LogP contribution is -2.23. The summed E-state index contributed by atoms with van der Waals surface area (Å²) in [6, 6.07) is 0. The Hall–Kier alpha value is -2.16. The van der Waals surface area contributed by atoms with Gasteiger partial charge in [0, 0.05) is 6.54 Å². The molecule has 6 nitrogen and oxygen atoms in total. The van der Waals surface area contributed by atoms with Crippen LogP contribution in [0.15, 0.2) is 12.7 Å². The van der Waals surface area contributed by atoms with Crippen molar-refractivity contribution in [2.45, 2.75) is 6.43 Å². The van der Waals surface area contributed by atoms with E-state index in [9.17, 15) is 18.4 Å². The van der Waals surface area contributed by atoms with Gasteiger partial charge in [-0.25, -0.2) is 8.78 Å². The zero-order valence-corrected chi connectivity index (χ0v) is 11.2. The predicted molar refractivity (Wildman–Crippen MR) is 74.3 cm³/mol. The fourth-order valence-electron chi connectivity index (χ4n) is 1.40. The number of rotatable bonds is 7. The number of hydrogen-bond acceptors (Lipinski definition) is 5. The maximum Gasteiger partial charge on any atom is 0.263 e. The summed E-state index contributed by atoms with van der Waals surface area (Å²) < 4.78 is 24.4. The van der Waals surface area contributed by atoms with Gasteiger partial charge >= 0.3 is 0 Å². The molecule has 6 N–H and O–H groups in total. The van der Waals surface area contributed by atoms with Gasteiger partial charge in [-0.2, -0.15) is 0 Å². The van der Waals surface area contributed by atoms with E-state index in [2.05, 4.69) is 17.2 Å². The van der Waals surface area contributed by atoms with Gasteiger partial charge in [0.1, 0.15) is 9.88 Å². The van der Waals surface area contributed by atoms with E-state index in [-0.39, 0.29) is 27.7 Å². The van der Waals surface area contributed by atoms with Gasteiger partial charge in [-0.1, -0.05) is 6.08 Å². The molecule has 0 bridgehead atoms. The van der Waals surface area contributed by atoms with E-state index in [1.54, 1.807) is 0 Å². The first-order valence-corrected chi connectivity index (χ1v) is 6.33. The van der Waals surface area contributed by atoms with Crippen LogP contribution in [-0.2, 0) is 0 Å². The molecular formula is C11H14F2N4O2S. The topological polar surface area (TPSA) is 110 Å². The van der Waals surface area contributed by atoms with Crippen LogP contribution in [0.1, 0.15) is 20.0 Å². The average Bonchev–Trinajstić information content (AvgIpc) is 2.70. The summed E-state index contributed by atoms with van der Waals surface area (Å²) in [4.78, 5) is 23.1. The summed E-state index contributed by atoms with van der Waals surface area (Å²) in [5.41, 5.74) is 10.5. The summed E-state index contributed by atoms with van der Waals surface area (Å²) in [7, 11) is 0. The van der Waals surface area contributed by atoms with Gasteiger partial charge in [-0.3, -0.25) is 9.59 Å². The minimum Gasteiger partial charge on any atom is -0.397 e. The van der Waals surface area contributed by atoms with Gasteiger partial charge in [-0.15, -0.1) is 17.9 Å². The molecule has 1 aromatic rings. The monoisotopic (exact) mass is 304 g/mol. The molecule has 110 valence electrons. The molecule has 1 aromatic heterocycles. The number of carbonyl (C=O) groups is 2. The van der Waals surface area contributed by atoms with Crippen LogP contribution in [0, 0.1) is 0 Å². The highest BCUT2D eigenvalue weighted by Crippen LogP contribution is 2.35. The summed E-state index contributed by atoms with van der Waals surface area (Å²) in [6.45, 7) is 2.97. The molecule has 1 heterocycles. The van der Waals surface area contributed by atoms with Gasteiger partial charge < -0.3 is 22.1 Å². The van der Waals surface area contributed by atoms with Gasteiger partial charge in [0.25, 0.3) is 18.2 Å². The number of nitrogens with two attached hydrogens (primary N) is 2. The summed E-state index contributed by atoms with van der Waals surface area (Å²) >= 11 is 0.798. The standard InChI is InChI=1S/C11H14F2N4O2S/c1-2-3-16-10(19)8-7(14)6(9(15)18)11(20-8)17-4-5(12)13/h2,5,17H,1,3-4,14H2,(H2,15,18)(H,16,19). The number of carbonyl (C=O) groups excluding carboxylic acids is 2. The highest BCUT2D eigenvalue weighted by atomic mass is 32.1. The van der Waals surface area contributed by atoms with Crippen molar-refractivity contribution in [1.29, 1.82) is 0 Å². The van der Waals surface area contributed by atoms with Gasteiger partial charge in [0.2, 0.25) is 0 Å². The Balaban J connectivity index is 3.08. The van der Waals surface area contributed by atoms with E-state index in [1.165, 1.54) is 6.08 Å². The molecule has 20 heavy (non-hydrogen) atoms.